The third kappa shape index (κ3) is 4.40. The Morgan fingerprint density at radius 3 is 2.04 bits per heavy atom. The van der Waals surface area contributed by atoms with E-state index in [0.717, 1.165) is 0 Å². The lowest BCUT2D eigenvalue weighted by atomic mass is 9.99. The predicted molar refractivity (Wildman–Crippen MR) is 103 cm³/mol. The highest BCUT2D eigenvalue weighted by atomic mass is 16.3. The Bertz CT molecular complexity index is 676. The average molecular weight is 350 g/mol. The molecule has 0 saturated carbocycles. The monoisotopic (exact) mass is 350 g/mol. The molecular formula is C22H26N2O2. The van der Waals surface area contributed by atoms with Crippen molar-refractivity contribution in [3.63, 3.8) is 0 Å². The van der Waals surface area contributed by atoms with Gasteiger partial charge >= 0.3 is 0 Å². The Labute approximate surface area is 155 Å². The lowest BCUT2D eigenvalue weighted by molar-refractivity contribution is -0.154. The maximum absolute atomic E-state index is 13.0. The Hall–Kier alpha value is -2.43. The molecule has 1 aliphatic rings. The first kappa shape index (κ1) is 18.4. The molecule has 0 aromatic heterocycles. The van der Waals surface area contributed by atoms with Crippen LogP contribution in [0.2, 0.25) is 0 Å². The molecule has 1 unspecified atom stereocenters. The van der Waals surface area contributed by atoms with Crippen LogP contribution in [0, 0.1) is 0 Å². The van der Waals surface area contributed by atoms with Crippen LogP contribution in [0.1, 0.15) is 24.0 Å². The van der Waals surface area contributed by atoms with Gasteiger partial charge in [-0.05, 0) is 24.0 Å². The molecule has 26 heavy (non-hydrogen) atoms. The summed E-state index contributed by atoms with van der Waals surface area (Å²) in [5.41, 5.74) is 2.36. The summed E-state index contributed by atoms with van der Waals surface area (Å²) in [5, 5.41) is 10.2. The van der Waals surface area contributed by atoms with Gasteiger partial charge in [-0.15, -0.1) is 6.58 Å². The third-order valence-electron chi connectivity index (χ3n) is 4.85. The van der Waals surface area contributed by atoms with Crippen LogP contribution in [0.15, 0.2) is 73.3 Å². The summed E-state index contributed by atoms with van der Waals surface area (Å²) in [6, 6.07) is 20.2. The van der Waals surface area contributed by atoms with Crippen LogP contribution < -0.4 is 0 Å². The molecule has 1 fully saturated rings. The fourth-order valence-corrected chi connectivity index (χ4v) is 3.53. The number of hydrogen-bond acceptors (Lipinski definition) is 3. The van der Waals surface area contributed by atoms with Gasteiger partial charge in [-0.2, -0.15) is 0 Å². The number of likely N-dealkylation sites (tertiary alicyclic amines) is 1. The SMILES string of the molecule is C=CCN1C(=O)[C@@H](N(Cc2ccccc2)Cc2ccccc2)CCC1O. The average Bonchev–Trinajstić information content (AvgIpc) is 2.66. The number of carbonyl (C=O) groups excluding carboxylic acids is 1. The number of piperidine rings is 1. The van der Waals surface area contributed by atoms with Gasteiger partial charge in [0.1, 0.15) is 6.23 Å². The van der Waals surface area contributed by atoms with Gasteiger partial charge in [-0.25, -0.2) is 0 Å². The van der Waals surface area contributed by atoms with Crippen LogP contribution in [0.3, 0.4) is 0 Å². The first-order valence-corrected chi connectivity index (χ1v) is 9.10. The second kappa shape index (κ2) is 8.79. The molecule has 4 heteroatoms. The number of amides is 1. The molecule has 3 rings (SSSR count). The Morgan fingerprint density at radius 2 is 1.54 bits per heavy atom. The van der Waals surface area contributed by atoms with Gasteiger partial charge in [0.05, 0.1) is 6.04 Å². The van der Waals surface area contributed by atoms with E-state index in [1.54, 1.807) is 6.08 Å². The first-order chi connectivity index (χ1) is 12.7. The summed E-state index contributed by atoms with van der Waals surface area (Å²) in [4.78, 5) is 16.8. The molecule has 1 aliphatic heterocycles. The zero-order valence-electron chi connectivity index (χ0n) is 15.0. The summed E-state index contributed by atoms with van der Waals surface area (Å²) < 4.78 is 0. The smallest absolute Gasteiger partial charge is 0.242 e. The van der Waals surface area contributed by atoms with Crippen molar-refractivity contribution in [2.75, 3.05) is 6.54 Å². The van der Waals surface area contributed by atoms with E-state index in [4.69, 9.17) is 0 Å². The van der Waals surface area contributed by atoms with E-state index in [2.05, 4.69) is 35.7 Å². The molecule has 2 atom stereocenters. The number of benzene rings is 2. The zero-order valence-corrected chi connectivity index (χ0v) is 15.0. The second-order valence-electron chi connectivity index (χ2n) is 6.73. The highest BCUT2D eigenvalue weighted by Gasteiger charge is 2.37. The van der Waals surface area contributed by atoms with Crippen LogP contribution in [0.4, 0.5) is 0 Å². The van der Waals surface area contributed by atoms with E-state index in [1.165, 1.54) is 16.0 Å². The van der Waals surface area contributed by atoms with Crippen molar-refractivity contribution >= 4 is 5.91 Å². The maximum atomic E-state index is 13.0. The predicted octanol–water partition coefficient (Wildman–Crippen LogP) is 3.18. The van der Waals surface area contributed by atoms with Crippen LogP contribution in [-0.2, 0) is 17.9 Å². The van der Waals surface area contributed by atoms with Crippen molar-refractivity contribution < 1.29 is 9.90 Å². The molecule has 2 aromatic carbocycles. The third-order valence-corrected chi connectivity index (χ3v) is 4.85. The standard InChI is InChI=1S/C22H26N2O2/c1-2-15-24-21(25)14-13-20(22(24)26)23(16-18-9-5-3-6-10-18)17-19-11-7-4-8-12-19/h2-12,20-21,25H,1,13-17H2/t20-,21?/m0/s1. The molecule has 4 nitrogen and oxygen atoms in total. The summed E-state index contributed by atoms with van der Waals surface area (Å²) >= 11 is 0. The van der Waals surface area contributed by atoms with E-state index >= 15 is 0 Å². The van der Waals surface area contributed by atoms with Gasteiger partial charge in [0.2, 0.25) is 5.91 Å². The minimum atomic E-state index is -0.716. The molecule has 1 heterocycles. The largest absolute Gasteiger partial charge is 0.374 e. The van der Waals surface area contributed by atoms with Crippen LogP contribution in [-0.4, -0.2) is 39.6 Å². The normalized spacial score (nSPS) is 20.4. The first-order valence-electron chi connectivity index (χ1n) is 9.10. The molecule has 2 aromatic rings. The minimum absolute atomic E-state index is 0.0180. The van der Waals surface area contributed by atoms with Gasteiger partial charge < -0.3 is 10.0 Å². The van der Waals surface area contributed by atoms with E-state index in [-0.39, 0.29) is 11.9 Å². The van der Waals surface area contributed by atoms with Crippen molar-refractivity contribution in [3.05, 3.63) is 84.4 Å². The topological polar surface area (TPSA) is 43.8 Å². The summed E-state index contributed by atoms with van der Waals surface area (Å²) in [6.45, 7) is 5.48. The quantitative estimate of drug-likeness (QED) is 0.780. The highest BCUT2D eigenvalue weighted by molar-refractivity contribution is 5.83. The van der Waals surface area contributed by atoms with E-state index in [9.17, 15) is 9.90 Å². The van der Waals surface area contributed by atoms with Crippen molar-refractivity contribution in [2.24, 2.45) is 0 Å². The number of rotatable bonds is 7. The molecule has 1 N–H and O–H groups in total. The Kier molecular flexibility index (Phi) is 6.21. The molecule has 0 spiro atoms. The second-order valence-corrected chi connectivity index (χ2v) is 6.73. The number of nitrogens with zero attached hydrogens (tertiary/aromatic N) is 2. The maximum Gasteiger partial charge on any atom is 0.242 e. The van der Waals surface area contributed by atoms with E-state index in [0.29, 0.717) is 32.5 Å². The van der Waals surface area contributed by atoms with Gasteiger partial charge in [-0.1, -0.05) is 66.7 Å². The van der Waals surface area contributed by atoms with E-state index < -0.39 is 6.23 Å². The summed E-state index contributed by atoms with van der Waals surface area (Å²) in [7, 11) is 0. The zero-order chi connectivity index (χ0) is 18.4. The Morgan fingerprint density at radius 1 is 1.00 bits per heavy atom. The Balaban J connectivity index is 1.84. The minimum Gasteiger partial charge on any atom is -0.374 e. The van der Waals surface area contributed by atoms with E-state index in [1.807, 2.05) is 36.4 Å². The lowest BCUT2D eigenvalue weighted by Gasteiger charge is -2.41. The van der Waals surface area contributed by atoms with Crippen molar-refractivity contribution in [3.8, 4) is 0 Å². The highest BCUT2D eigenvalue weighted by Crippen LogP contribution is 2.24. The van der Waals surface area contributed by atoms with Gasteiger partial charge in [-0.3, -0.25) is 9.69 Å². The van der Waals surface area contributed by atoms with Crippen molar-refractivity contribution in [1.82, 2.24) is 9.80 Å². The van der Waals surface area contributed by atoms with Crippen LogP contribution in [0.5, 0.6) is 0 Å². The van der Waals surface area contributed by atoms with Crippen LogP contribution >= 0.6 is 0 Å². The van der Waals surface area contributed by atoms with Crippen LogP contribution in [0.25, 0.3) is 0 Å². The van der Waals surface area contributed by atoms with Gasteiger partial charge in [0.15, 0.2) is 0 Å². The number of hydrogen-bond donors (Lipinski definition) is 1. The number of aliphatic hydroxyl groups is 1. The fourth-order valence-electron chi connectivity index (χ4n) is 3.53. The van der Waals surface area contributed by atoms with Crippen molar-refractivity contribution in [2.45, 2.75) is 38.2 Å². The van der Waals surface area contributed by atoms with Crippen molar-refractivity contribution in [1.29, 1.82) is 0 Å². The summed E-state index contributed by atoms with van der Waals surface area (Å²) in [5.74, 6) is -0.0180. The lowest BCUT2D eigenvalue weighted by Crippen LogP contribution is -2.55. The molecule has 1 saturated heterocycles. The molecular weight excluding hydrogens is 324 g/mol. The van der Waals surface area contributed by atoms with Gasteiger partial charge in [0, 0.05) is 19.6 Å². The number of aliphatic hydroxyl groups excluding tert-OH is 1. The molecule has 0 radical (unpaired) electrons. The fraction of sp³-hybridized carbons (Fsp3) is 0.318. The van der Waals surface area contributed by atoms with Gasteiger partial charge in [0.25, 0.3) is 0 Å². The number of carbonyl (C=O) groups is 1. The molecule has 136 valence electrons. The summed E-state index contributed by atoms with van der Waals surface area (Å²) in [6.07, 6.45) is 2.20. The molecule has 0 bridgehead atoms. The molecule has 1 amide bonds. The molecule has 0 aliphatic carbocycles.